The van der Waals surface area contributed by atoms with E-state index >= 15 is 0 Å². The van der Waals surface area contributed by atoms with Gasteiger partial charge >= 0.3 is 0 Å². The van der Waals surface area contributed by atoms with Crippen molar-refractivity contribution in [1.29, 1.82) is 0 Å². The van der Waals surface area contributed by atoms with E-state index in [1.54, 1.807) is 0 Å². The minimum Gasteiger partial charge on any atom is -0.381 e. The van der Waals surface area contributed by atoms with Crippen molar-refractivity contribution >= 4 is 5.91 Å². The van der Waals surface area contributed by atoms with Gasteiger partial charge in [0.1, 0.15) is 0 Å². The number of nitrogens with one attached hydrogen (secondary N) is 1. The van der Waals surface area contributed by atoms with Crippen molar-refractivity contribution in [2.24, 2.45) is 17.1 Å². The molecule has 0 aromatic carbocycles. The van der Waals surface area contributed by atoms with Crippen molar-refractivity contribution < 1.29 is 9.53 Å². The molecule has 1 amide bonds. The fourth-order valence-electron chi connectivity index (χ4n) is 2.90. The van der Waals surface area contributed by atoms with E-state index in [4.69, 9.17) is 10.5 Å². The van der Waals surface area contributed by atoms with E-state index in [2.05, 4.69) is 19.2 Å². The van der Waals surface area contributed by atoms with Crippen LogP contribution in [-0.4, -0.2) is 31.2 Å². The molecular formula is C14H26N2O2. The van der Waals surface area contributed by atoms with E-state index in [0.717, 1.165) is 6.54 Å². The van der Waals surface area contributed by atoms with Crippen LogP contribution in [0.15, 0.2) is 0 Å². The Hall–Kier alpha value is -0.610. The molecule has 2 rings (SSSR count). The largest absolute Gasteiger partial charge is 0.381 e. The summed E-state index contributed by atoms with van der Waals surface area (Å²) in [6, 6.07) is 0. The minimum atomic E-state index is -0.702. The summed E-state index contributed by atoms with van der Waals surface area (Å²) in [7, 11) is 0. The van der Waals surface area contributed by atoms with Gasteiger partial charge in [-0.3, -0.25) is 4.79 Å². The minimum absolute atomic E-state index is 0.0147. The molecule has 1 aliphatic carbocycles. The predicted molar refractivity (Wildman–Crippen MR) is 71.1 cm³/mol. The molecule has 2 fully saturated rings. The Balaban J connectivity index is 1.81. The molecule has 0 bridgehead atoms. The molecule has 0 aromatic rings. The molecule has 0 spiro atoms. The molecule has 0 atom stereocenters. The lowest BCUT2D eigenvalue weighted by Crippen LogP contribution is -2.57. The average molecular weight is 254 g/mol. The third kappa shape index (κ3) is 3.23. The lowest BCUT2D eigenvalue weighted by Gasteiger charge is -2.32. The highest BCUT2D eigenvalue weighted by Crippen LogP contribution is 2.50. The second kappa shape index (κ2) is 5.17. The van der Waals surface area contributed by atoms with Gasteiger partial charge in [-0.1, -0.05) is 13.8 Å². The third-order valence-electron chi connectivity index (χ3n) is 4.26. The summed E-state index contributed by atoms with van der Waals surface area (Å²) in [5.41, 5.74) is 5.83. The normalized spacial score (nSPS) is 24.9. The number of rotatable bonds is 5. The summed E-state index contributed by atoms with van der Waals surface area (Å²) in [5, 5.41) is 3.08. The molecule has 2 aliphatic rings. The van der Waals surface area contributed by atoms with Gasteiger partial charge in [0.25, 0.3) is 0 Å². The first kappa shape index (κ1) is 13.8. The van der Waals surface area contributed by atoms with Crippen molar-refractivity contribution in [3.05, 3.63) is 0 Å². The van der Waals surface area contributed by atoms with Gasteiger partial charge in [-0.25, -0.2) is 0 Å². The van der Waals surface area contributed by atoms with Crippen LogP contribution in [0.1, 0.15) is 46.0 Å². The fraction of sp³-hybridized carbons (Fsp3) is 0.929. The zero-order chi connectivity index (χ0) is 13.2. The molecule has 0 radical (unpaired) electrons. The Morgan fingerprint density at radius 3 is 2.39 bits per heavy atom. The van der Waals surface area contributed by atoms with Crippen LogP contribution in [-0.2, 0) is 9.53 Å². The topological polar surface area (TPSA) is 64.4 Å². The summed E-state index contributed by atoms with van der Waals surface area (Å²) in [6.07, 6.45) is 4.96. The van der Waals surface area contributed by atoms with E-state index in [9.17, 15) is 4.79 Å². The highest BCUT2D eigenvalue weighted by molar-refractivity contribution is 5.86. The zero-order valence-corrected chi connectivity index (χ0v) is 11.6. The van der Waals surface area contributed by atoms with Crippen LogP contribution < -0.4 is 11.1 Å². The first-order valence-corrected chi connectivity index (χ1v) is 7.11. The maximum absolute atomic E-state index is 12.2. The molecule has 0 aromatic heterocycles. The fourth-order valence-corrected chi connectivity index (χ4v) is 2.90. The summed E-state index contributed by atoms with van der Waals surface area (Å²) >= 11 is 0. The smallest absolute Gasteiger partial charge is 0.240 e. The predicted octanol–water partition coefficient (Wildman–Crippen LogP) is 1.44. The monoisotopic (exact) mass is 254 g/mol. The summed E-state index contributed by atoms with van der Waals surface area (Å²) in [4.78, 5) is 12.2. The summed E-state index contributed by atoms with van der Waals surface area (Å²) in [5.74, 6) is 0.708. The summed E-state index contributed by atoms with van der Waals surface area (Å²) in [6.45, 7) is 6.47. The number of amides is 1. The zero-order valence-electron chi connectivity index (χ0n) is 11.6. The number of hydrogen-bond acceptors (Lipinski definition) is 3. The van der Waals surface area contributed by atoms with Gasteiger partial charge in [-0.05, 0) is 43.4 Å². The molecule has 3 N–H and O–H groups in total. The number of carbonyl (C=O) groups excluding carboxylic acids is 1. The van der Waals surface area contributed by atoms with Crippen LogP contribution in [0.4, 0.5) is 0 Å². The van der Waals surface area contributed by atoms with E-state index in [0.29, 0.717) is 37.4 Å². The van der Waals surface area contributed by atoms with Crippen LogP contribution in [0.3, 0.4) is 0 Å². The molecule has 1 aliphatic heterocycles. The Morgan fingerprint density at radius 1 is 1.28 bits per heavy atom. The van der Waals surface area contributed by atoms with Gasteiger partial charge in [0.15, 0.2) is 0 Å². The lowest BCUT2D eigenvalue weighted by molar-refractivity contribution is -0.130. The lowest BCUT2D eigenvalue weighted by atomic mass is 9.89. The van der Waals surface area contributed by atoms with E-state index in [1.807, 2.05) is 0 Å². The molecule has 18 heavy (non-hydrogen) atoms. The molecular weight excluding hydrogens is 228 g/mol. The van der Waals surface area contributed by atoms with Crippen molar-refractivity contribution in [3.8, 4) is 0 Å². The number of carbonyl (C=O) groups is 1. The van der Waals surface area contributed by atoms with Crippen LogP contribution in [0.2, 0.25) is 0 Å². The maximum Gasteiger partial charge on any atom is 0.240 e. The van der Waals surface area contributed by atoms with Crippen LogP contribution in [0.25, 0.3) is 0 Å². The van der Waals surface area contributed by atoms with Crippen LogP contribution in [0, 0.1) is 11.3 Å². The summed E-state index contributed by atoms with van der Waals surface area (Å²) < 4.78 is 5.27. The first-order valence-electron chi connectivity index (χ1n) is 7.11. The third-order valence-corrected chi connectivity index (χ3v) is 4.26. The van der Waals surface area contributed by atoms with Gasteiger partial charge in [0.05, 0.1) is 5.54 Å². The van der Waals surface area contributed by atoms with Crippen LogP contribution in [0.5, 0.6) is 0 Å². The molecule has 1 saturated carbocycles. The molecule has 104 valence electrons. The Labute approximate surface area is 110 Å². The van der Waals surface area contributed by atoms with Gasteiger partial charge < -0.3 is 15.8 Å². The van der Waals surface area contributed by atoms with Gasteiger partial charge in [-0.2, -0.15) is 0 Å². The van der Waals surface area contributed by atoms with Crippen molar-refractivity contribution in [3.63, 3.8) is 0 Å². The molecule has 1 saturated heterocycles. The second-order valence-corrected chi connectivity index (χ2v) is 6.55. The van der Waals surface area contributed by atoms with E-state index in [1.165, 1.54) is 19.3 Å². The Kier molecular flexibility index (Phi) is 3.97. The van der Waals surface area contributed by atoms with Gasteiger partial charge in [0, 0.05) is 19.8 Å². The standard InChI is InChI=1S/C14H26N2O2/c1-11(2)9-13(3-4-13)10-16-12(17)14(15)5-7-18-8-6-14/h11H,3-10,15H2,1-2H3,(H,16,17). The first-order chi connectivity index (χ1) is 8.46. The van der Waals surface area contributed by atoms with Crippen molar-refractivity contribution in [2.75, 3.05) is 19.8 Å². The number of ether oxygens (including phenoxy) is 1. The van der Waals surface area contributed by atoms with Gasteiger partial charge in [-0.15, -0.1) is 0 Å². The number of hydrogen-bond donors (Lipinski definition) is 2. The highest BCUT2D eigenvalue weighted by atomic mass is 16.5. The van der Waals surface area contributed by atoms with Crippen molar-refractivity contribution in [1.82, 2.24) is 5.32 Å². The average Bonchev–Trinajstić information content (AvgIpc) is 3.06. The van der Waals surface area contributed by atoms with Gasteiger partial charge in [0.2, 0.25) is 5.91 Å². The molecule has 1 heterocycles. The van der Waals surface area contributed by atoms with Crippen molar-refractivity contribution in [2.45, 2.75) is 51.5 Å². The number of nitrogens with two attached hydrogens (primary N) is 1. The molecule has 4 nitrogen and oxygen atoms in total. The molecule has 0 unspecified atom stereocenters. The van der Waals surface area contributed by atoms with Crippen LogP contribution >= 0.6 is 0 Å². The Bertz CT molecular complexity index is 305. The maximum atomic E-state index is 12.2. The Morgan fingerprint density at radius 2 is 1.89 bits per heavy atom. The van der Waals surface area contributed by atoms with E-state index < -0.39 is 5.54 Å². The SMILES string of the molecule is CC(C)CC1(CNC(=O)C2(N)CCOCC2)CC1. The quantitative estimate of drug-likeness (QED) is 0.780. The highest BCUT2D eigenvalue weighted by Gasteiger charge is 2.44. The van der Waals surface area contributed by atoms with E-state index in [-0.39, 0.29) is 5.91 Å². The second-order valence-electron chi connectivity index (χ2n) is 6.55. The molecule has 4 heteroatoms.